The largest absolute Gasteiger partial charge is 0.497 e. The third-order valence-electron chi connectivity index (χ3n) is 9.22. The number of carbonyl (C=O) groups excluding carboxylic acids is 2. The molecule has 42 heavy (non-hydrogen) atoms. The predicted molar refractivity (Wildman–Crippen MR) is 154 cm³/mol. The van der Waals surface area contributed by atoms with Crippen LogP contribution in [0.25, 0.3) is 0 Å². The Morgan fingerprint density at radius 3 is 1.48 bits per heavy atom. The molecule has 0 amide bonds. The van der Waals surface area contributed by atoms with Gasteiger partial charge in [-0.2, -0.15) is 0 Å². The van der Waals surface area contributed by atoms with E-state index in [0.717, 1.165) is 35.5 Å². The van der Waals surface area contributed by atoms with Gasteiger partial charge in [-0.15, -0.1) is 0 Å². The highest BCUT2D eigenvalue weighted by Crippen LogP contribution is 2.49. The lowest BCUT2D eigenvalue weighted by Crippen LogP contribution is -2.34. The molecule has 0 aromatic heterocycles. The zero-order valence-corrected chi connectivity index (χ0v) is 24.2. The van der Waals surface area contributed by atoms with Gasteiger partial charge >= 0.3 is 17.9 Å². The minimum atomic E-state index is -0.914. The molecule has 6 rings (SSSR count). The van der Waals surface area contributed by atoms with E-state index in [9.17, 15) is 19.5 Å². The SMILES string of the molecule is COc1ccc(COC(=O)C2C3C=CC(C3)[C@H]2C(=O)O)cc1.COc1ccc(COC(=O)C2C3C=CC(C3)[C@H]2C)cc1. The molecule has 4 aliphatic carbocycles. The molecule has 6 unspecified atom stereocenters. The van der Waals surface area contributed by atoms with Crippen molar-refractivity contribution in [3.8, 4) is 11.5 Å². The van der Waals surface area contributed by atoms with Crippen LogP contribution in [-0.4, -0.2) is 37.2 Å². The van der Waals surface area contributed by atoms with Crippen molar-refractivity contribution in [2.75, 3.05) is 14.2 Å². The highest BCUT2D eigenvalue weighted by Gasteiger charge is 2.52. The molecule has 0 radical (unpaired) electrons. The Hall–Kier alpha value is -4.07. The first-order valence-corrected chi connectivity index (χ1v) is 14.5. The lowest BCUT2D eigenvalue weighted by Gasteiger charge is -2.23. The Morgan fingerprint density at radius 1 is 0.643 bits per heavy atom. The van der Waals surface area contributed by atoms with Crippen LogP contribution in [0.3, 0.4) is 0 Å². The number of aliphatic carboxylic acids is 1. The third-order valence-corrected chi connectivity index (χ3v) is 9.22. The summed E-state index contributed by atoms with van der Waals surface area (Å²) in [6.45, 7) is 2.65. The number of allylic oxidation sites excluding steroid dienone is 4. The van der Waals surface area contributed by atoms with E-state index in [1.54, 1.807) is 26.4 Å². The molecule has 2 saturated carbocycles. The predicted octanol–water partition coefficient (Wildman–Crippen LogP) is 5.46. The van der Waals surface area contributed by atoms with Crippen LogP contribution < -0.4 is 9.47 Å². The van der Waals surface area contributed by atoms with Gasteiger partial charge in [0.1, 0.15) is 24.7 Å². The minimum absolute atomic E-state index is 0.00512. The number of benzene rings is 2. The Labute approximate surface area is 246 Å². The minimum Gasteiger partial charge on any atom is -0.497 e. The van der Waals surface area contributed by atoms with Crippen LogP contribution in [0.4, 0.5) is 0 Å². The average Bonchev–Trinajstić information content (AvgIpc) is 3.81. The lowest BCUT2D eigenvalue weighted by molar-refractivity contribution is -0.159. The first-order valence-electron chi connectivity index (χ1n) is 14.5. The molecular weight excluding hydrogens is 536 g/mol. The number of carboxylic acid groups (broad SMARTS) is 1. The molecule has 0 aliphatic heterocycles. The number of hydrogen-bond acceptors (Lipinski definition) is 7. The fourth-order valence-electron chi connectivity index (χ4n) is 6.88. The van der Waals surface area contributed by atoms with Crippen molar-refractivity contribution in [2.24, 2.45) is 47.3 Å². The van der Waals surface area contributed by atoms with Crippen molar-refractivity contribution in [1.29, 1.82) is 0 Å². The number of hydrogen-bond donors (Lipinski definition) is 1. The van der Waals surface area contributed by atoms with Gasteiger partial charge in [0.15, 0.2) is 0 Å². The summed E-state index contributed by atoms with van der Waals surface area (Å²) < 4.78 is 21.0. The summed E-state index contributed by atoms with van der Waals surface area (Å²) in [6.07, 6.45) is 10.1. The molecule has 2 fully saturated rings. The standard InChI is InChI=1S/C17H18O5.C17H20O3/c1-21-13-6-2-10(3-7-13)9-22-17(20)15-12-5-4-11(8-12)14(15)16(18)19;1-11-13-5-6-14(9-13)16(11)17(18)20-10-12-3-7-15(19-2)8-4-12/h2-7,11-12,14-15H,8-9H2,1H3,(H,18,19);3-8,11,13-14,16H,9-10H2,1-2H3/t11?,12?,14-,15?;11-,13?,14?,16?/m11/s1. The van der Waals surface area contributed by atoms with Crippen molar-refractivity contribution >= 4 is 17.9 Å². The fraction of sp³-hybridized carbons (Fsp3) is 0.441. The van der Waals surface area contributed by atoms with Crippen LogP contribution in [0.15, 0.2) is 72.8 Å². The van der Waals surface area contributed by atoms with Crippen LogP contribution in [-0.2, 0) is 37.1 Å². The van der Waals surface area contributed by atoms with E-state index >= 15 is 0 Å². The first kappa shape index (κ1) is 29.4. The lowest BCUT2D eigenvalue weighted by atomic mass is 9.83. The highest BCUT2D eigenvalue weighted by atomic mass is 16.5. The van der Waals surface area contributed by atoms with Gasteiger partial charge in [-0.1, -0.05) is 55.5 Å². The van der Waals surface area contributed by atoms with Gasteiger partial charge in [-0.25, -0.2) is 0 Å². The van der Waals surface area contributed by atoms with Gasteiger partial charge < -0.3 is 24.1 Å². The topological polar surface area (TPSA) is 108 Å². The van der Waals surface area contributed by atoms with E-state index in [4.69, 9.17) is 18.9 Å². The van der Waals surface area contributed by atoms with Crippen LogP contribution in [0, 0.1) is 47.3 Å². The molecule has 1 N–H and O–H groups in total. The molecule has 0 heterocycles. The second-order valence-electron chi connectivity index (χ2n) is 11.6. The molecule has 8 heteroatoms. The van der Waals surface area contributed by atoms with E-state index < -0.39 is 23.8 Å². The quantitative estimate of drug-likeness (QED) is 0.311. The Bertz CT molecular complexity index is 1330. The monoisotopic (exact) mass is 574 g/mol. The second kappa shape index (κ2) is 12.8. The van der Waals surface area contributed by atoms with Gasteiger partial charge in [0, 0.05) is 0 Å². The zero-order valence-electron chi connectivity index (χ0n) is 24.2. The van der Waals surface area contributed by atoms with Crippen molar-refractivity contribution in [3.05, 3.63) is 84.0 Å². The normalized spacial score (nSPS) is 29.5. The summed E-state index contributed by atoms with van der Waals surface area (Å²) in [5.74, 6) is 0.313. The molecular formula is C34H38O8. The summed E-state index contributed by atoms with van der Waals surface area (Å²) >= 11 is 0. The average molecular weight is 575 g/mol. The third kappa shape index (κ3) is 6.22. The van der Waals surface area contributed by atoms with Crippen LogP contribution in [0.1, 0.15) is 30.9 Å². The number of esters is 2. The molecule has 2 aromatic carbocycles. The summed E-state index contributed by atoms with van der Waals surface area (Å²) in [4.78, 5) is 36.0. The van der Waals surface area contributed by atoms with Gasteiger partial charge in [-0.3, -0.25) is 14.4 Å². The van der Waals surface area contributed by atoms with Crippen molar-refractivity contribution in [3.63, 3.8) is 0 Å². The molecule has 8 nitrogen and oxygen atoms in total. The Balaban J connectivity index is 0.000000169. The number of carboxylic acids is 1. The molecule has 2 aromatic rings. The molecule has 4 bridgehead atoms. The van der Waals surface area contributed by atoms with Crippen molar-refractivity contribution < 1.29 is 38.4 Å². The van der Waals surface area contributed by atoms with E-state index in [0.29, 0.717) is 24.4 Å². The van der Waals surface area contributed by atoms with Gasteiger partial charge in [-0.05, 0) is 77.8 Å². The van der Waals surface area contributed by atoms with Crippen LogP contribution in [0.2, 0.25) is 0 Å². The molecule has 222 valence electrons. The van der Waals surface area contributed by atoms with Crippen molar-refractivity contribution in [2.45, 2.75) is 33.0 Å². The summed E-state index contributed by atoms with van der Waals surface area (Å²) in [6, 6.07) is 14.8. The summed E-state index contributed by atoms with van der Waals surface area (Å²) in [5, 5.41) is 9.34. The molecule has 8 atom stereocenters. The van der Waals surface area contributed by atoms with E-state index in [1.807, 2.05) is 48.6 Å². The molecule has 0 saturated heterocycles. The zero-order chi connectivity index (χ0) is 29.8. The van der Waals surface area contributed by atoms with Crippen LogP contribution >= 0.6 is 0 Å². The maximum Gasteiger partial charge on any atom is 0.310 e. The number of fused-ring (bicyclic) bond motifs is 4. The van der Waals surface area contributed by atoms with Gasteiger partial charge in [0.05, 0.1) is 32.0 Å². The maximum absolute atomic E-state index is 12.3. The number of rotatable bonds is 9. The van der Waals surface area contributed by atoms with Crippen molar-refractivity contribution in [1.82, 2.24) is 0 Å². The van der Waals surface area contributed by atoms with Crippen LogP contribution in [0.5, 0.6) is 11.5 Å². The summed E-state index contributed by atoms with van der Waals surface area (Å²) in [7, 11) is 3.22. The van der Waals surface area contributed by atoms with Gasteiger partial charge in [0.25, 0.3) is 0 Å². The Morgan fingerprint density at radius 2 is 1.05 bits per heavy atom. The second-order valence-corrected chi connectivity index (χ2v) is 11.6. The highest BCUT2D eigenvalue weighted by molar-refractivity contribution is 5.83. The summed E-state index contributed by atoms with van der Waals surface area (Å²) in [5.41, 5.74) is 1.84. The van der Waals surface area contributed by atoms with E-state index in [2.05, 4.69) is 19.1 Å². The Kier molecular flexibility index (Phi) is 9.00. The van der Waals surface area contributed by atoms with Gasteiger partial charge in [0.2, 0.25) is 0 Å². The first-order chi connectivity index (χ1) is 20.3. The number of carbonyl (C=O) groups is 3. The number of methoxy groups -OCH3 is 2. The molecule has 0 spiro atoms. The number of ether oxygens (including phenoxy) is 4. The fourth-order valence-corrected chi connectivity index (χ4v) is 6.88. The molecule has 4 aliphatic rings. The van der Waals surface area contributed by atoms with E-state index in [1.165, 1.54) is 0 Å². The smallest absolute Gasteiger partial charge is 0.310 e. The maximum atomic E-state index is 12.3. The van der Waals surface area contributed by atoms with E-state index in [-0.39, 0.29) is 30.3 Å².